The maximum Gasteiger partial charge on any atom is 0.227 e. The molecule has 2 heterocycles. The smallest absolute Gasteiger partial charge is 0.227 e. The largest absolute Gasteiger partial charge is 0.351 e. The molecule has 3 rings (SSSR count). The van der Waals surface area contributed by atoms with Gasteiger partial charge in [0.05, 0.1) is 18.5 Å². The Morgan fingerprint density at radius 3 is 2.84 bits per heavy atom. The highest BCUT2D eigenvalue weighted by Crippen LogP contribution is 2.26. The van der Waals surface area contributed by atoms with Gasteiger partial charge in [-0.15, -0.1) is 0 Å². The highest BCUT2D eigenvalue weighted by molar-refractivity contribution is 5.84. The first-order valence-electron chi connectivity index (χ1n) is 6.78. The van der Waals surface area contributed by atoms with E-state index in [4.69, 9.17) is 0 Å². The summed E-state index contributed by atoms with van der Waals surface area (Å²) in [5.74, 6) is 0.204. The van der Waals surface area contributed by atoms with Crippen LogP contribution in [0.3, 0.4) is 0 Å². The molecule has 2 aliphatic rings. The van der Waals surface area contributed by atoms with Gasteiger partial charge in [0.2, 0.25) is 11.8 Å². The minimum absolute atomic E-state index is 0.0721. The van der Waals surface area contributed by atoms with Crippen molar-refractivity contribution in [2.24, 2.45) is 0 Å². The zero-order chi connectivity index (χ0) is 13.4. The van der Waals surface area contributed by atoms with Crippen LogP contribution in [0, 0.1) is 6.92 Å². The quantitative estimate of drug-likeness (QED) is 0.861. The van der Waals surface area contributed by atoms with Crippen molar-refractivity contribution in [3.63, 3.8) is 0 Å². The summed E-state index contributed by atoms with van der Waals surface area (Å²) in [6.45, 7) is 2.80. The van der Waals surface area contributed by atoms with Gasteiger partial charge in [-0.05, 0) is 18.9 Å². The van der Waals surface area contributed by atoms with Crippen molar-refractivity contribution < 1.29 is 9.59 Å². The van der Waals surface area contributed by atoms with E-state index < -0.39 is 0 Å². The van der Waals surface area contributed by atoms with Crippen LogP contribution >= 0.6 is 0 Å². The summed E-state index contributed by atoms with van der Waals surface area (Å²) in [4.78, 5) is 25.6. The van der Waals surface area contributed by atoms with Crippen molar-refractivity contribution in [3.05, 3.63) is 35.4 Å². The molecule has 0 aromatic heterocycles. The predicted octanol–water partition coefficient (Wildman–Crippen LogP) is 1.03. The maximum atomic E-state index is 12.3. The molecule has 0 unspecified atom stereocenters. The van der Waals surface area contributed by atoms with Gasteiger partial charge in [0.1, 0.15) is 0 Å². The molecule has 2 atom stereocenters. The molecule has 1 aromatic carbocycles. The average molecular weight is 258 g/mol. The third-order valence-corrected chi connectivity index (χ3v) is 4.08. The highest BCUT2D eigenvalue weighted by Gasteiger charge is 2.43. The number of benzene rings is 1. The number of likely N-dealkylation sites (tertiary alicyclic amines) is 1. The number of hydrogen-bond donors (Lipinski definition) is 1. The molecule has 1 N–H and O–H groups in total. The second-order valence-electron chi connectivity index (χ2n) is 5.48. The van der Waals surface area contributed by atoms with Gasteiger partial charge in [0, 0.05) is 13.0 Å². The molecule has 4 nitrogen and oxygen atoms in total. The Balaban J connectivity index is 1.67. The molecule has 2 aliphatic heterocycles. The van der Waals surface area contributed by atoms with E-state index in [2.05, 4.69) is 5.32 Å². The molecule has 0 aliphatic carbocycles. The minimum Gasteiger partial charge on any atom is -0.351 e. The highest BCUT2D eigenvalue weighted by atomic mass is 16.2. The summed E-state index contributed by atoms with van der Waals surface area (Å²) >= 11 is 0. The zero-order valence-electron chi connectivity index (χ0n) is 11.1. The van der Waals surface area contributed by atoms with Crippen molar-refractivity contribution in [3.8, 4) is 0 Å². The van der Waals surface area contributed by atoms with Crippen LogP contribution in [0.2, 0.25) is 0 Å². The van der Waals surface area contributed by atoms with E-state index in [0.717, 1.165) is 18.5 Å². The molecule has 4 heteroatoms. The number of aryl methyl sites for hydroxylation is 1. The molecular weight excluding hydrogens is 240 g/mol. The molecule has 1 aromatic rings. The molecule has 19 heavy (non-hydrogen) atoms. The van der Waals surface area contributed by atoms with E-state index in [1.165, 1.54) is 5.56 Å². The normalized spacial score (nSPS) is 25.3. The SMILES string of the molecule is Cc1ccc(CC(=O)N2CC[C@H]3NC(=O)C[C@H]32)cc1. The second-order valence-corrected chi connectivity index (χ2v) is 5.48. The lowest BCUT2D eigenvalue weighted by molar-refractivity contribution is -0.131. The van der Waals surface area contributed by atoms with Gasteiger partial charge in [-0.1, -0.05) is 29.8 Å². The van der Waals surface area contributed by atoms with Gasteiger partial charge in [0.15, 0.2) is 0 Å². The lowest BCUT2D eigenvalue weighted by atomic mass is 10.1. The van der Waals surface area contributed by atoms with Crippen LogP contribution in [0.25, 0.3) is 0 Å². The van der Waals surface area contributed by atoms with Gasteiger partial charge in [0.25, 0.3) is 0 Å². The first-order chi connectivity index (χ1) is 9.13. The number of nitrogens with one attached hydrogen (secondary N) is 1. The number of nitrogens with zero attached hydrogens (tertiary/aromatic N) is 1. The van der Waals surface area contributed by atoms with Crippen LogP contribution in [0.5, 0.6) is 0 Å². The molecular formula is C15H18N2O2. The van der Waals surface area contributed by atoms with Crippen molar-refractivity contribution in [2.45, 2.75) is 38.3 Å². The summed E-state index contributed by atoms with van der Waals surface area (Å²) in [6, 6.07) is 8.30. The first-order valence-corrected chi connectivity index (χ1v) is 6.78. The second kappa shape index (κ2) is 4.68. The fourth-order valence-electron chi connectivity index (χ4n) is 3.02. The third kappa shape index (κ3) is 2.35. The molecule has 0 saturated carbocycles. The number of rotatable bonds is 2. The van der Waals surface area contributed by atoms with E-state index in [9.17, 15) is 9.59 Å². The van der Waals surface area contributed by atoms with Crippen molar-refractivity contribution >= 4 is 11.8 Å². The molecule has 0 bridgehead atoms. The van der Waals surface area contributed by atoms with E-state index in [0.29, 0.717) is 12.8 Å². The predicted molar refractivity (Wildman–Crippen MR) is 71.5 cm³/mol. The van der Waals surface area contributed by atoms with Gasteiger partial charge < -0.3 is 10.2 Å². The number of fused-ring (bicyclic) bond motifs is 1. The molecule has 2 fully saturated rings. The number of carbonyl (C=O) groups is 2. The average Bonchev–Trinajstić information content (AvgIpc) is 2.90. The summed E-state index contributed by atoms with van der Waals surface area (Å²) in [5, 5.41) is 2.94. The van der Waals surface area contributed by atoms with Crippen molar-refractivity contribution in [2.75, 3.05) is 6.54 Å². The molecule has 2 saturated heterocycles. The van der Waals surface area contributed by atoms with Gasteiger partial charge >= 0.3 is 0 Å². The van der Waals surface area contributed by atoms with E-state index in [1.54, 1.807) is 0 Å². The Morgan fingerprint density at radius 2 is 2.11 bits per heavy atom. The Labute approximate surface area is 112 Å². The van der Waals surface area contributed by atoms with Crippen molar-refractivity contribution in [1.29, 1.82) is 0 Å². The Hall–Kier alpha value is -1.84. The topological polar surface area (TPSA) is 49.4 Å². The van der Waals surface area contributed by atoms with Gasteiger partial charge in [-0.3, -0.25) is 9.59 Å². The van der Waals surface area contributed by atoms with Crippen LogP contribution in [-0.4, -0.2) is 35.3 Å². The molecule has 2 amide bonds. The summed E-state index contributed by atoms with van der Waals surface area (Å²) < 4.78 is 0. The zero-order valence-corrected chi connectivity index (χ0v) is 11.1. The number of carbonyl (C=O) groups excluding carboxylic acids is 2. The number of amides is 2. The standard InChI is InChI=1S/C15H18N2O2/c1-10-2-4-11(5-3-10)8-15(19)17-7-6-12-13(17)9-14(18)16-12/h2-5,12-13H,6-9H2,1H3,(H,16,18)/t12-,13-/m1/s1. The lowest BCUT2D eigenvalue weighted by Gasteiger charge is -2.22. The molecule has 0 spiro atoms. The van der Waals surface area contributed by atoms with Gasteiger partial charge in [-0.25, -0.2) is 0 Å². The summed E-state index contributed by atoms with van der Waals surface area (Å²) in [5.41, 5.74) is 2.24. The van der Waals surface area contributed by atoms with Crippen LogP contribution in [0.1, 0.15) is 24.0 Å². The van der Waals surface area contributed by atoms with Crippen LogP contribution in [0.15, 0.2) is 24.3 Å². The van der Waals surface area contributed by atoms with Crippen molar-refractivity contribution in [1.82, 2.24) is 10.2 Å². The van der Waals surface area contributed by atoms with Gasteiger partial charge in [-0.2, -0.15) is 0 Å². The van der Waals surface area contributed by atoms with Crippen LogP contribution < -0.4 is 5.32 Å². The third-order valence-electron chi connectivity index (χ3n) is 4.08. The summed E-state index contributed by atoms with van der Waals surface area (Å²) in [7, 11) is 0. The maximum absolute atomic E-state index is 12.3. The monoisotopic (exact) mass is 258 g/mol. The summed E-state index contributed by atoms with van der Waals surface area (Å²) in [6.07, 6.45) is 1.78. The Kier molecular flexibility index (Phi) is 3.01. The van der Waals surface area contributed by atoms with E-state index in [-0.39, 0.29) is 23.9 Å². The van der Waals surface area contributed by atoms with Crippen LogP contribution in [-0.2, 0) is 16.0 Å². The first kappa shape index (κ1) is 12.2. The fraction of sp³-hybridized carbons (Fsp3) is 0.467. The lowest BCUT2D eigenvalue weighted by Crippen LogP contribution is -2.39. The number of hydrogen-bond acceptors (Lipinski definition) is 2. The minimum atomic E-state index is 0.0721. The Bertz CT molecular complexity index is 509. The molecule has 100 valence electrons. The van der Waals surface area contributed by atoms with E-state index >= 15 is 0 Å². The van der Waals surface area contributed by atoms with Crippen LogP contribution in [0.4, 0.5) is 0 Å². The molecule has 0 radical (unpaired) electrons. The Morgan fingerprint density at radius 1 is 1.37 bits per heavy atom. The fourth-order valence-corrected chi connectivity index (χ4v) is 3.02. The van der Waals surface area contributed by atoms with E-state index in [1.807, 2.05) is 36.1 Å².